The second-order valence-electron chi connectivity index (χ2n) is 5.95. The Morgan fingerprint density at radius 1 is 1.31 bits per heavy atom. The number of amides is 2. The lowest BCUT2D eigenvalue weighted by Crippen LogP contribution is -2.42. The molecule has 2 amide bonds. The molecule has 2 aromatic rings. The van der Waals surface area contributed by atoms with Gasteiger partial charge in [0.05, 0.1) is 0 Å². The minimum atomic E-state index is -0.228. The van der Waals surface area contributed by atoms with Crippen LogP contribution in [0.1, 0.15) is 25.7 Å². The molecule has 1 N–H and O–H groups in total. The Balaban J connectivity index is 1.38. The van der Waals surface area contributed by atoms with E-state index in [0.717, 1.165) is 18.6 Å². The number of ether oxygens (including phenoxy) is 1. The maximum atomic E-state index is 12.3. The zero-order chi connectivity index (χ0) is 18.4. The van der Waals surface area contributed by atoms with Gasteiger partial charge in [-0.2, -0.15) is 0 Å². The van der Waals surface area contributed by atoms with Crippen molar-refractivity contribution in [3.05, 3.63) is 34.8 Å². The van der Waals surface area contributed by atoms with Crippen LogP contribution in [0.4, 0.5) is 5.13 Å². The fourth-order valence-electron chi connectivity index (χ4n) is 2.74. The van der Waals surface area contributed by atoms with Crippen molar-refractivity contribution in [2.75, 3.05) is 18.4 Å². The maximum absolute atomic E-state index is 12.3. The number of halogens is 1. The minimum Gasteiger partial charge on any atom is -0.490 e. The molecule has 1 aliphatic rings. The molecular weight excluding hydrogens is 376 g/mol. The molecule has 0 atom stereocenters. The second-order valence-corrected chi connectivity index (χ2v) is 7.22. The van der Waals surface area contributed by atoms with Crippen LogP contribution in [0.5, 0.6) is 5.75 Å². The van der Waals surface area contributed by atoms with Crippen molar-refractivity contribution in [1.29, 1.82) is 0 Å². The molecule has 0 radical (unpaired) electrons. The number of hydrogen-bond acceptors (Lipinski definition) is 6. The van der Waals surface area contributed by atoms with E-state index in [-0.39, 0.29) is 30.8 Å². The van der Waals surface area contributed by atoms with E-state index in [9.17, 15) is 9.59 Å². The average Bonchev–Trinajstić information content (AvgIpc) is 3.13. The van der Waals surface area contributed by atoms with Crippen molar-refractivity contribution in [2.24, 2.45) is 0 Å². The van der Waals surface area contributed by atoms with E-state index in [1.165, 1.54) is 16.8 Å². The van der Waals surface area contributed by atoms with Crippen LogP contribution < -0.4 is 10.1 Å². The number of carbonyl (C=O) groups is 2. The Kier molecular flexibility index (Phi) is 6.40. The highest BCUT2D eigenvalue weighted by Gasteiger charge is 2.24. The van der Waals surface area contributed by atoms with Gasteiger partial charge in [-0.15, -0.1) is 10.2 Å². The fourth-order valence-corrected chi connectivity index (χ4v) is 3.39. The molecule has 1 saturated heterocycles. The lowest BCUT2D eigenvalue weighted by Gasteiger charge is -2.32. The van der Waals surface area contributed by atoms with Crippen molar-refractivity contribution in [1.82, 2.24) is 15.1 Å². The second kappa shape index (κ2) is 8.95. The monoisotopic (exact) mass is 394 g/mol. The number of piperidine rings is 1. The number of carbonyl (C=O) groups excluding carboxylic acids is 2. The SMILES string of the molecule is O=C(CCC(=O)N1CCC(Oc2cccc(Cl)c2)CC1)Nc1nncs1. The van der Waals surface area contributed by atoms with Gasteiger partial charge >= 0.3 is 0 Å². The highest BCUT2D eigenvalue weighted by Crippen LogP contribution is 2.22. The van der Waals surface area contributed by atoms with Gasteiger partial charge in [0, 0.05) is 43.8 Å². The summed E-state index contributed by atoms with van der Waals surface area (Å²) in [6.07, 6.45) is 1.91. The first-order valence-corrected chi connectivity index (χ1v) is 9.62. The van der Waals surface area contributed by atoms with Gasteiger partial charge < -0.3 is 15.0 Å². The number of anilines is 1. The van der Waals surface area contributed by atoms with E-state index in [2.05, 4.69) is 15.5 Å². The van der Waals surface area contributed by atoms with Crippen LogP contribution in [0.3, 0.4) is 0 Å². The number of likely N-dealkylation sites (tertiary alicyclic amines) is 1. The third-order valence-electron chi connectivity index (χ3n) is 4.07. The minimum absolute atomic E-state index is 0.0152. The molecule has 1 aromatic carbocycles. The Labute approximate surface area is 160 Å². The van der Waals surface area contributed by atoms with Crippen LogP contribution in [0, 0.1) is 0 Å². The van der Waals surface area contributed by atoms with E-state index in [1.807, 2.05) is 12.1 Å². The summed E-state index contributed by atoms with van der Waals surface area (Å²) in [5.41, 5.74) is 1.54. The number of aromatic nitrogens is 2. The van der Waals surface area contributed by atoms with E-state index >= 15 is 0 Å². The third-order valence-corrected chi connectivity index (χ3v) is 4.91. The van der Waals surface area contributed by atoms with Gasteiger partial charge in [0.1, 0.15) is 17.4 Å². The molecular formula is C17H19ClN4O3S. The van der Waals surface area contributed by atoms with Crippen molar-refractivity contribution in [3.8, 4) is 5.75 Å². The largest absolute Gasteiger partial charge is 0.490 e. The highest BCUT2D eigenvalue weighted by molar-refractivity contribution is 7.13. The van der Waals surface area contributed by atoms with Crippen LogP contribution in [0.15, 0.2) is 29.8 Å². The maximum Gasteiger partial charge on any atom is 0.226 e. The van der Waals surface area contributed by atoms with Crippen LogP contribution in [0.2, 0.25) is 5.02 Å². The third kappa shape index (κ3) is 5.40. The molecule has 0 aliphatic carbocycles. The number of nitrogens with zero attached hydrogens (tertiary/aromatic N) is 3. The zero-order valence-electron chi connectivity index (χ0n) is 14.1. The van der Waals surface area contributed by atoms with E-state index in [1.54, 1.807) is 17.0 Å². The molecule has 1 fully saturated rings. The Morgan fingerprint density at radius 2 is 2.12 bits per heavy atom. The first kappa shape index (κ1) is 18.6. The average molecular weight is 395 g/mol. The quantitative estimate of drug-likeness (QED) is 0.814. The lowest BCUT2D eigenvalue weighted by molar-refractivity contribution is -0.134. The first-order chi connectivity index (χ1) is 12.6. The predicted octanol–water partition coefficient (Wildman–Crippen LogP) is 2.98. The molecule has 1 aliphatic heterocycles. The number of rotatable bonds is 6. The van der Waals surface area contributed by atoms with Crippen LogP contribution in [-0.4, -0.2) is 46.1 Å². The standard InChI is InChI=1S/C17H19ClN4O3S/c18-12-2-1-3-14(10-12)25-13-6-8-22(9-7-13)16(24)5-4-15(23)20-17-21-19-11-26-17/h1-3,10-11,13H,4-9H2,(H,20,21,23). The lowest BCUT2D eigenvalue weighted by atomic mass is 10.1. The van der Waals surface area contributed by atoms with Crippen molar-refractivity contribution in [3.63, 3.8) is 0 Å². The summed E-state index contributed by atoms with van der Waals surface area (Å²) in [7, 11) is 0. The number of benzene rings is 1. The van der Waals surface area contributed by atoms with E-state index in [4.69, 9.17) is 16.3 Å². The molecule has 9 heteroatoms. The van der Waals surface area contributed by atoms with Gasteiger partial charge in [-0.05, 0) is 18.2 Å². The first-order valence-electron chi connectivity index (χ1n) is 8.36. The summed E-state index contributed by atoms with van der Waals surface area (Å²) in [6, 6.07) is 7.32. The summed E-state index contributed by atoms with van der Waals surface area (Å²) in [4.78, 5) is 25.9. The van der Waals surface area contributed by atoms with Gasteiger partial charge in [-0.3, -0.25) is 9.59 Å². The topological polar surface area (TPSA) is 84.4 Å². The molecule has 0 bridgehead atoms. The molecule has 2 heterocycles. The van der Waals surface area contributed by atoms with Crippen molar-refractivity contribution in [2.45, 2.75) is 31.8 Å². The predicted molar refractivity (Wildman–Crippen MR) is 99.5 cm³/mol. The molecule has 0 spiro atoms. The Bertz CT molecular complexity index is 748. The van der Waals surface area contributed by atoms with Gasteiger partial charge in [0.25, 0.3) is 0 Å². The summed E-state index contributed by atoms with van der Waals surface area (Å²) in [6.45, 7) is 1.25. The van der Waals surface area contributed by atoms with E-state index < -0.39 is 0 Å². The van der Waals surface area contributed by atoms with Crippen LogP contribution in [0.25, 0.3) is 0 Å². The van der Waals surface area contributed by atoms with Crippen molar-refractivity contribution < 1.29 is 14.3 Å². The van der Waals surface area contributed by atoms with Gasteiger partial charge in [0.2, 0.25) is 16.9 Å². The molecule has 0 unspecified atom stereocenters. The van der Waals surface area contributed by atoms with Gasteiger partial charge in [-0.25, -0.2) is 0 Å². The molecule has 7 nitrogen and oxygen atoms in total. The zero-order valence-corrected chi connectivity index (χ0v) is 15.6. The molecule has 1 aromatic heterocycles. The van der Waals surface area contributed by atoms with Crippen molar-refractivity contribution >= 4 is 39.9 Å². The normalized spacial score (nSPS) is 14.9. The van der Waals surface area contributed by atoms with E-state index in [0.29, 0.717) is 23.2 Å². The number of hydrogen-bond donors (Lipinski definition) is 1. The van der Waals surface area contributed by atoms with Gasteiger partial charge in [-0.1, -0.05) is 29.0 Å². The van der Waals surface area contributed by atoms with Crippen LogP contribution >= 0.6 is 22.9 Å². The molecule has 3 rings (SSSR count). The smallest absolute Gasteiger partial charge is 0.226 e. The number of nitrogens with one attached hydrogen (secondary N) is 1. The Morgan fingerprint density at radius 3 is 2.81 bits per heavy atom. The summed E-state index contributed by atoms with van der Waals surface area (Å²) < 4.78 is 5.92. The summed E-state index contributed by atoms with van der Waals surface area (Å²) >= 11 is 7.20. The summed E-state index contributed by atoms with van der Waals surface area (Å²) in [5.74, 6) is 0.503. The molecule has 0 saturated carbocycles. The Hall–Kier alpha value is -2.19. The van der Waals surface area contributed by atoms with Gasteiger partial charge in [0.15, 0.2) is 0 Å². The molecule has 138 valence electrons. The molecule has 26 heavy (non-hydrogen) atoms. The summed E-state index contributed by atoms with van der Waals surface area (Å²) in [5, 5.41) is 11.1. The fraction of sp³-hybridized carbons (Fsp3) is 0.412. The van der Waals surface area contributed by atoms with Crippen LogP contribution in [-0.2, 0) is 9.59 Å². The highest BCUT2D eigenvalue weighted by atomic mass is 35.5.